The third-order valence-electron chi connectivity index (χ3n) is 5.65. The summed E-state index contributed by atoms with van der Waals surface area (Å²) in [6.45, 7) is 5.85. The predicted octanol–water partition coefficient (Wildman–Crippen LogP) is 2.78. The first-order valence-corrected chi connectivity index (χ1v) is 10.2. The van der Waals surface area contributed by atoms with Gasteiger partial charge in [0.25, 0.3) is 0 Å². The number of guanidine groups is 1. The molecule has 0 spiro atoms. The molecular formula is C21H34N4O2. The van der Waals surface area contributed by atoms with E-state index in [-0.39, 0.29) is 0 Å². The fourth-order valence-corrected chi connectivity index (χ4v) is 4.17. The molecule has 0 bridgehead atoms. The average molecular weight is 375 g/mol. The summed E-state index contributed by atoms with van der Waals surface area (Å²) in [4.78, 5) is 7.46. The molecule has 1 aromatic rings. The van der Waals surface area contributed by atoms with Gasteiger partial charge in [0.05, 0.1) is 20.8 Å². The molecule has 2 N–H and O–H groups in total. The minimum Gasteiger partial charge on any atom is -0.497 e. The molecular weight excluding hydrogens is 340 g/mol. The van der Waals surface area contributed by atoms with E-state index in [1.807, 2.05) is 18.2 Å². The lowest BCUT2D eigenvalue weighted by molar-refractivity contribution is 0.242. The molecule has 0 amide bonds. The Kier molecular flexibility index (Phi) is 7.21. The number of benzene rings is 1. The number of ether oxygens (including phenoxy) is 2. The van der Waals surface area contributed by atoms with Gasteiger partial charge in [-0.05, 0) is 38.3 Å². The molecule has 1 aliphatic heterocycles. The molecule has 3 rings (SSSR count). The molecule has 0 radical (unpaired) electrons. The Labute approximate surface area is 163 Å². The van der Waals surface area contributed by atoms with Crippen molar-refractivity contribution >= 4 is 5.96 Å². The average Bonchev–Trinajstić information content (AvgIpc) is 3.38. The van der Waals surface area contributed by atoms with E-state index in [0.29, 0.717) is 12.6 Å². The highest BCUT2D eigenvalue weighted by Crippen LogP contribution is 2.27. The van der Waals surface area contributed by atoms with Gasteiger partial charge in [-0.1, -0.05) is 12.8 Å². The van der Waals surface area contributed by atoms with Crippen molar-refractivity contribution in [2.45, 2.75) is 57.7 Å². The predicted molar refractivity (Wildman–Crippen MR) is 110 cm³/mol. The maximum Gasteiger partial charge on any atom is 0.191 e. The van der Waals surface area contributed by atoms with Gasteiger partial charge >= 0.3 is 0 Å². The molecule has 2 fully saturated rings. The molecule has 1 aromatic carbocycles. The summed E-state index contributed by atoms with van der Waals surface area (Å²) in [6.07, 6.45) is 6.73. The van der Waals surface area contributed by atoms with Crippen LogP contribution in [0.3, 0.4) is 0 Å². The third kappa shape index (κ3) is 5.28. The van der Waals surface area contributed by atoms with Gasteiger partial charge in [0.15, 0.2) is 5.96 Å². The Hall–Kier alpha value is -1.95. The SMILES string of the molecule is CCNC(=NCc1ccc(OC)cc1OC)NC1CCN(C2CCCC2)C1. The Bertz CT molecular complexity index is 629. The Morgan fingerprint density at radius 2 is 2.00 bits per heavy atom. The molecule has 1 saturated heterocycles. The fourth-order valence-electron chi connectivity index (χ4n) is 4.17. The highest BCUT2D eigenvalue weighted by atomic mass is 16.5. The zero-order chi connectivity index (χ0) is 19.1. The normalized spacial score (nSPS) is 21.4. The number of likely N-dealkylation sites (tertiary alicyclic amines) is 1. The topological polar surface area (TPSA) is 58.1 Å². The van der Waals surface area contributed by atoms with Crippen molar-refractivity contribution in [1.82, 2.24) is 15.5 Å². The van der Waals surface area contributed by atoms with Crippen LogP contribution in [0.15, 0.2) is 23.2 Å². The molecule has 6 heteroatoms. The quantitative estimate of drug-likeness (QED) is 0.568. The van der Waals surface area contributed by atoms with Crippen LogP contribution in [0, 0.1) is 0 Å². The van der Waals surface area contributed by atoms with Gasteiger partial charge in [0.1, 0.15) is 11.5 Å². The van der Waals surface area contributed by atoms with E-state index in [0.717, 1.165) is 42.2 Å². The molecule has 1 unspecified atom stereocenters. The van der Waals surface area contributed by atoms with E-state index in [1.54, 1.807) is 14.2 Å². The van der Waals surface area contributed by atoms with Crippen molar-refractivity contribution in [3.63, 3.8) is 0 Å². The maximum absolute atomic E-state index is 5.49. The van der Waals surface area contributed by atoms with E-state index in [2.05, 4.69) is 22.5 Å². The van der Waals surface area contributed by atoms with E-state index in [9.17, 15) is 0 Å². The number of hydrogen-bond donors (Lipinski definition) is 2. The highest BCUT2D eigenvalue weighted by Gasteiger charge is 2.30. The van der Waals surface area contributed by atoms with Gasteiger partial charge in [-0.2, -0.15) is 0 Å². The van der Waals surface area contributed by atoms with Crippen LogP contribution in [-0.2, 0) is 6.54 Å². The molecule has 0 aromatic heterocycles. The lowest BCUT2D eigenvalue weighted by atomic mass is 10.2. The number of nitrogens with zero attached hydrogens (tertiary/aromatic N) is 2. The number of methoxy groups -OCH3 is 2. The second-order valence-corrected chi connectivity index (χ2v) is 7.44. The van der Waals surface area contributed by atoms with Crippen molar-refractivity contribution < 1.29 is 9.47 Å². The number of nitrogens with one attached hydrogen (secondary N) is 2. The van der Waals surface area contributed by atoms with Gasteiger partial charge in [-0.25, -0.2) is 4.99 Å². The second-order valence-electron chi connectivity index (χ2n) is 7.44. The molecule has 2 aliphatic rings. The molecule has 1 saturated carbocycles. The molecule has 27 heavy (non-hydrogen) atoms. The smallest absolute Gasteiger partial charge is 0.191 e. The van der Waals surface area contributed by atoms with Crippen molar-refractivity contribution in [2.24, 2.45) is 4.99 Å². The minimum absolute atomic E-state index is 0.473. The van der Waals surface area contributed by atoms with Crippen LogP contribution < -0.4 is 20.1 Å². The van der Waals surface area contributed by atoms with Crippen molar-refractivity contribution in [3.8, 4) is 11.5 Å². The van der Waals surface area contributed by atoms with Gasteiger partial charge in [-0.3, -0.25) is 4.90 Å². The number of hydrogen-bond acceptors (Lipinski definition) is 4. The molecule has 1 heterocycles. The van der Waals surface area contributed by atoms with Gasteiger partial charge < -0.3 is 20.1 Å². The zero-order valence-corrected chi connectivity index (χ0v) is 17.0. The van der Waals surface area contributed by atoms with Crippen LogP contribution in [0.2, 0.25) is 0 Å². The van der Waals surface area contributed by atoms with Crippen LogP contribution in [0.5, 0.6) is 11.5 Å². The monoisotopic (exact) mass is 374 g/mol. The van der Waals surface area contributed by atoms with Crippen molar-refractivity contribution in [2.75, 3.05) is 33.9 Å². The van der Waals surface area contributed by atoms with Crippen LogP contribution in [-0.4, -0.2) is 56.8 Å². The first-order valence-electron chi connectivity index (χ1n) is 10.2. The second kappa shape index (κ2) is 9.83. The maximum atomic E-state index is 5.49. The van der Waals surface area contributed by atoms with Gasteiger partial charge in [0, 0.05) is 43.3 Å². The van der Waals surface area contributed by atoms with Crippen molar-refractivity contribution in [1.29, 1.82) is 0 Å². The summed E-state index contributed by atoms with van der Waals surface area (Å²) in [5.41, 5.74) is 1.05. The van der Waals surface area contributed by atoms with Crippen LogP contribution in [0.4, 0.5) is 0 Å². The largest absolute Gasteiger partial charge is 0.497 e. The Balaban J connectivity index is 1.60. The number of rotatable bonds is 7. The summed E-state index contributed by atoms with van der Waals surface area (Å²) in [6, 6.07) is 7.15. The minimum atomic E-state index is 0.473. The lowest BCUT2D eigenvalue weighted by Gasteiger charge is -2.24. The highest BCUT2D eigenvalue weighted by molar-refractivity contribution is 5.80. The summed E-state index contributed by atoms with van der Waals surface area (Å²) >= 11 is 0. The lowest BCUT2D eigenvalue weighted by Crippen LogP contribution is -2.45. The molecule has 1 aliphatic carbocycles. The van der Waals surface area contributed by atoms with E-state index in [1.165, 1.54) is 38.6 Å². The molecule has 150 valence electrons. The first-order chi connectivity index (χ1) is 13.2. The first kappa shape index (κ1) is 19.8. The standard InChI is InChI=1S/C21H34N4O2/c1-4-22-21(23-14-16-9-10-19(26-2)13-20(16)27-3)24-17-11-12-25(15-17)18-7-5-6-8-18/h9-10,13,17-18H,4-8,11-12,14-15H2,1-3H3,(H2,22,23,24). The van der Waals surface area contributed by atoms with E-state index < -0.39 is 0 Å². The summed E-state index contributed by atoms with van der Waals surface area (Å²) in [5, 5.41) is 7.01. The number of aliphatic imine (C=N–C) groups is 1. The van der Waals surface area contributed by atoms with E-state index in [4.69, 9.17) is 14.5 Å². The Morgan fingerprint density at radius 1 is 1.19 bits per heavy atom. The van der Waals surface area contributed by atoms with Crippen LogP contribution in [0.1, 0.15) is 44.6 Å². The summed E-state index contributed by atoms with van der Waals surface area (Å²) in [7, 11) is 3.35. The molecule has 1 atom stereocenters. The third-order valence-corrected chi connectivity index (χ3v) is 5.65. The van der Waals surface area contributed by atoms with Crippen molar-refractivity contribution in [3.05, 3.63) is 23.8 Å². The summed E-state index contributed by atoms with van der Waals surface area (Å²) < 4.78 is 10.8. The zero-order valence-electron chi connectivity index (χ0n) is 17.0. The Morgan fingerprint density at radius 3 is 2.70 bits per heavy atom. The van der Waals surface area contributed by atoms with Crippen LogP contribution in [0.25, 0.3) is 0 Å². The molecule has 6 nitrogen and oxygen atoms in total. The fraction of sp³-hybridized carbons (Fsp3) is 0.667. The van der Waals surface area contributed by atoms with E-state index >= 15 is 0 Å². The van der Waals surface area contributed by atoms with Crippen LogP contribution >= 0.6 is 0 Å². The van der Waals surface area contributed by atoms with Gasteiger partial charge in [0.2, 0.25) is 0 Å². The summed E-state index contributed by atoms with van der Waals surface area (Å²) in [5.74, 6) is 2.48. The van der Waals surface area contributed by atoms with Gasteiger partial charge in [-0.15, -0.1) is 0 Å².